The quantitative estimate of drug-likeness (QED) is 0.535. The summed E-state index contributed by atoms with van der Waals surface area (Å²) in [6.45, 7) is 7.45. The number of unbranched alkanes of at least 4 members (excludes halogenated alkanes) is 2. The standard InChI is InChI=1S/C15H30N2S/c1-4-7-8-12-18-13-9-10-15(6-3,14-16)17-11-5-2/h17H,4-13H2,1-3H3. The van der Waals surface area contributed by atoms with Crippen molar-refractivity contribution in [1.82, 2.24) is 5.32 Å². The Hall–Kier alpha value is -0.200. The van der Waals surface area contributed by atoms with Gasteiger partial charge in [-0.1, -0.05) is 33.6 Å². The lowest BCUT2D eigenvalue weighted by molar-refractivity contribution is 0.371. The SMILES string of the molecule is CCCCCSCCCC(C#N)(CC)NCCC. The van der Waals surface area contributed by atoms with Gasteiger partial charge in [-0.2, -0.15) is 17.0 Å². The summed E-state index contributed by atoms with van der Waals surface area (Å²) in [5.74, 6) is 2.48. The highest BCUT2D eigenvalue weighted by Gasteiger charge is 2.25. The molecule has 18 heavy (non-hydrogen) atoms. The first-order chi connectivity index (χ1) is 8.74. The molecule has 2 nitrogen and oxygen atoms in total. The molecule has 0 aromatic rings. The molecule has 0 fully saturated rings. The number of nitrogens with one attached hydrogen (secondary N) is 1. The van der Waals surface area contributed by atoms with E-state index in [1.165, 1.54) is 30.8 Å². The van der Waals surface area contributed by atoms with Gasteiger partial charge in [-0.05, 0) is 50.2 Å². The molecule has 1 unspecified atom stereocenters. The average molecular weight is 270 g/mol. The Bertz CT molecular complexity index is 225. The second kappa shape index (κ2) is 11.9. The molecule has 0 heterocycles. The zero-order valence-corrected chi connectivity index (χ0v) is 13.2. The summed E-state index contributed by atoms with van der Waals surface area (Å²) in [4.78, 5) is 0. The van der Waals surface area contributed by atoms with Crippen LogP contribution in [0.4, 0.5) is 0 Å². The van der Waals surface area contributed by atoms with Crippen LogP contribution in [-0.2, 0) is 0 Å². The molecule has 0 spiro atoms. The number of rotatable bonds is 12. The van der Waals surface area contributed by atoms with E-state index in [2.05, 4.69) is 32.2 Å². The normalized spacial score (nSPS) is 14.1. The van der Waals surface area contributed by atoms with Crippen molar-refractivity contribution in [3.8, 4) is 6.07 Å². The van der Waals surface area contributed by atoms with Gasteiger partial charge in [0.25, 0.3) is 0 Å². The van der Waals surface area contributed by atoms with E-state index in [1.54, 1.807) is 0 Å². The molecule has 106 valence electrons. The van der Waals surface area contributed by atoms with Crippen LogP contribution in [0.3, 0.4) is 0 Å². The first kappa shape index (κ1) is 17.8. The molecule has 0 saturated carbocycles. The van der Waals surface area contributed by atoms with Crippen molar-refractivity contribution in [2.75, 3.05) is 18.1 Å². The van der Waals surface area contributed by atoms with Gasteiger partial charge >= 0.3 is 0 Å². The Morgan fingerprint density at radius 1 is 1.06 bits per heavy atom. The van der Waals surface area contributed by atoms with Crippen molar-refractivity contribution >= 4 is 11.8 Å². The largest absolute Gasteiger partial charge is 0.299 e. The van der Waals surface area contributed by atoms with E-state index in [1.807, 2.05) is 11.8 Å². The molecule has 0 rings (SSSR count). The van der Waals surface area contributed by atoms with Crippen LogP contribution in [0, 0.1) is 11.3 Å². The number of nitrogens with zero attached hydrogens (tertiary/aromatic N) is 1. The van der Waals surface area contributed by atoms with E-state index in [9.17, 15) is 5.26 Å². The molecular formula is C15H30N2S. The second-order valence-corrected chi connectivity index (χ2v) is 6.12. The van der Waals surface area contributed by atoms with Crippen LogP contribution in [0.25, 0.3) is 0 Å². The maximum Gasteiger partial charge on any atom is 0.106 e. The minimum Gasteiger partial charge on any atom is -0.299 e. The predicted molar refractivity (Wildman–Crippen MR) is 83.0 cm³/mol. The highest BCUT2D eigenvalue weighted by atomic mass is 32.2. The maximum absolute atomic E-state index is 9.36. The summed E-state index contributed by atoms with van der Waals surface area (Å²) in [5, 5.41) is 12.8. The van der Waals surface area contributed by atoms with Gasteiger partial charge in [0.15, 0.2) is 0 Å². The lowest BCUT2D eigenvalue weighted by Crippen LogP contribution is -2.43. The first-order valence-electron chi connectivity index (χ1n) is 7.48. The van der Waals surface area contributed by atoms with E-state index in [0.29, 0.717) is 0 Å². The van der Waals surface area contributed by atoms with Gasteiger partial charge in [0, 0.05) is 0 Å². The minimum absolute atomic E-state index is 0.278. The Morgan fingerprint density at radius 2 is 1.78 bits per heavy atom. The Kier molecular flexibility index (Phi) is 11.7. The van der Waals surface area contributed by atoms with Crippen molar-refractivity contribution in [2.45, 2.75) is 71.3 Å². The average Bonchev–Trinajstić information content (AvgIpc) is 2.42. The van der Waals surface area contributed by atoms with Crippen LogP contribution >= 0.6 is 11.8 Å². The third-order valence-electron chi connectivity index (χ3n) is 3.32. The van der Waals surface area contributed by atoms with E-state index < -0.39 is 0 Å². The molecule has 3 heteroatoms. The smallest absolute Gasteiger partial charge is 0.106 e. The van der Waals surface area contributed by atoms with Crippen molar-refractivity contribution in [3.05, 3.63) is 0 Å². The van der Waals surface area contributed by atoms with Gasteiger partial charge in [0.1, 0.15) is 5.54 Å². The molecule has 0 saturated heterocycles. The summed E-state index contributed by atoms with van der Waals surface area (Å²) >= 11 is 2.04. The molecule has 0 aromatic carbocycles. The highest BCUT2D eigenvalue weighted by Crippen LogP contribution is 2.19. The fourth-order valence-electron chi connectivity index (χ4n) is 1.96. The van der Waals surface area contributed by atoms with Gasteiger partial charge in [0.2, 0.25) is 0 Å². The Morgan fingerprint density at radius 3 is 2.33 bits per heavy atom. The van der Waals surface area contributed by atoms with Gasteiger partial charge in [0.05, 0.1) is 6.07 Å². The van der Waals surface area contributed by atoms with Crippen molar-refractivity contribution in [2.24, 2.45) is 0 Å². The highest BCUT2D eigenvalue weighted by molar-refractivity contribution is 7.99. The molecule has 0 radical (unpaired) electrons. The van der Waals surface area contributed by atoms with E-state index >= 15 is 0 Å². The molecule has 0 aromatic heterocycles. The van der Waals surface area contributed by atoms with E-state index in [4.69, 9.17) is 0 Å². The molecule has 0 aliphatic rings. The minimum atomic E-state index is -0.278. The molecule has 0 amide bonds. The predicted octanol–water partition coefficient (Wildman–Crippen LogP) is 4.36. The van der Waals surface area contributed by atoms with Gasteiger partial charge in [-0.15, -0.1) is 0 Å². The molecular weight excluding hydrogens is 240 g/mol. The summed E-state index contributed by atoms with van der Waals surface area (Å²) in [7, 11) is 0. The van der Waals surface area contributed by atoms with Crippen LogP contribution in [0.5, 0.6) is 0 Å². The molecule has 0 aliphatic carbocycles. The van der Waals surface area contributed by atoms with Crippen LogP contribution in [0.2, 0.25) is 0 Å². The van der Waals surface area contributed by atoms with Crippen molar-refractivity contribution in [1.29, 1.82) is 5.26 Å². The zero-order chi connectivity index (χ0) is 13.7. The third kappa shape index (κ3) is 8.00. The number of nitriles is 1. The molecule has 0 bridgehead atoms. The zero-order valence-electron chi connectivity index (χ0n) is 12.4. The number of hydrogen-bond donors (Lipinski definition) is 1. The fraction of sp³-hybridized carbons (Fsp3) is 0.933. The number of thioether (sulfide) groups is 1. The summed E-state index contributed by atoms with van der Waals surface area (Å²) < 4.78 is 0. The number of hydrogen-bond acceptors (Lipinski definition) is 3. The summed E-state index contributed by atoms with van der Waals surface area (Å²) in [6, 6.07) is 2.49. The van der Waals surface area contributed by atoms with Crippen LogP contribution < -0.4 is 5.32 Å². The van der Waals surface area contributed by atoms with Crippen molar-refractivity contribution in [3.63, 3.8) is 0 Å². The van der Waals surface area contributed by atoms with Gasteiger partial charge in [-0.3, -0.25) is 5.32 Å². The van der Waals surface area contributed by atoms with Crippen LogP contribution in [-0.4, -0.2) is 23.6 Å². The van der Waals surface area contributed by atoms with Gasteiger partial charge < -0.3 is 0 Å². The first-order valence-corrected chi connectivity index (χ1v) is 8.64. The Balaban J connectivity index is 3.74. The molecule has 1 N–H and O–H groups in total. The monoisotopic (exact) mass is 270 g/mol. The lowest BCUT2D eigenvalue weighted by atomic mass is 9.92. The van der Waals surface area contributed by atoms with Crippen molar-refractivity contribution < 1.29 is 0 Å². The topological polar surface area (TPSA) is 35.8 Å². The molecule has 1 atom stereocenters. The Labute approximate surface area is 118 Å². The third-order valence-corrected chi connectivity index (χ3v) is 4.47. The van der Waals surface area contributed by atoms with E-state index in [0.717, 1.165) is 32.2 Å². The van der Waals surface area contributed by atoms with Crippen LogP contribution in [0.15, 0.2) is 0 Å². The summed E-state index contributed by atoms with van der Waals surface area (Å²) in [5.41, 5.74) is -0.278. The van der Waals surface area contributed by atoms with E-state index in [-0.39, 0.29) is 5.54 Å². The summed E-state index contributed by atoms with van der Waals surface area (Å²) in [6.07, 6.45) is 8.12. The molecule has 0 aliphatic heterocycles. The second-order valence-electron chi connectivity index (χ2n) is 4.90. The van der Waals surface area contributed by atoms with Crippen LogP contribution in [0.1, 0.15) is 65.7 Å². The fourth-order valence-corrected chi connectivity index (χ4v) is 2.92. The van der Waals surface area contributed by atoms with Gasteiger partial charge in [-0.25, -0.2) is 0 Å². The maximum atomic E-state index is 9.36. The lowest BCUT2D eigenvalue weighted by Gasteiger charge is -2.26.